The van der Waals surface area contributed by atoms with Crippen LogP contribution in [0.1, 0.15) is 17.3 Å². The zero-order valence-corrected chi connectivity index (χ0v) is 8.61. The van der Waals surface area contributed by atoms with Crippen LogP contribution in [0.5, 0.6) is 5.75 Å². The van der Waals surface area contributed by atoms with E-state index in [0.717, 1.165) is 0 Å². The summed E-state index contributed by atoms with van der Waals surface area (Å²) in [5, 5.41) is 0. The van der Waals surface area contributed by atoms with Crippen LogP contribution in [0.4, 0.5) is 5.69 Å². The summed E-state index contributed by atoms with van der Waals surface area (Å²) in [4.78, 5) is 24.0. The van der Waals surface area contributed by atoms with E-state index >= 15 is 0 Å². The molecule has 2 rings (SSSR count). The Morgan fingerprint density at radius 1 is 1.47 bits per heavy atom. The van der Waals surface area contributed by atoms with Gasteiger partial charge in [-0.15, -0.1) is 0 Å². The fourth-order valence-corrected chi connectivity index (χ4v) is 1.50. The van der Waals surface area contributed by atoms with E-state index in [1.165, 1.54) is 11.8 Å². The molecule has 0 aliphatic carbocycles. The molecule has 1 heterocycles. The number of fused-ring (bicyclic) bond motifs is 1. The van der Waals surface area contributed by atoms with Crippen LogP contribution >= 0.6 is 0 Å². The van der Waals surface area contributed by atoms with Crippen molar-refractivity contribution in [3.63, 3.8) is 0 Å². The highest BCUT2D eigenvalue weighted by atomic mass is 16.5. The highest BCUT2D eigenvalue weighted by molar-refractivity contribution is 6.00. The van der Waals surface area contributed by atoms with E-state index in [1.54, 1.807) is 25.2 Å². The first-order valence-electron chi connectivity index (χ1n) is 4.64. The Morgan fingerprint density at radius 3 is 2.87 bits per heavy atom. The van der Waals surface area contributed by atoms with Gasteiger partial charge in [-0.1, -0.05) is 0 Å². The maximum Gasteiger partial charge on any atom is 0.264 e. The summed E-state index contributed by atoms with van der Waals surface area (Å²) in [5.74, 6) is 0.490. The fourth-order valence-electron chi connectivity index (χ4n) is 1.50. The van der Waals surface area contributed by atoms with Crippen LogP contribution in [0.2, 0.25) is 0 Å². The van der Waals surface area contributed by atoms with E-state index in [2.05, 4.69) is 0 Å². The largest absolute Gasteiger partial charge is 0.482 e. The lowest BCUT2D eigenvalue weighted by Crippen LogP contribution is -2.35. The van der Waals surface area contributed by atoms with Crippen LogP contribution in [0.3, 0.4) is 0 Å². The first kappa shape index (κ1) is 9.71. The van der Waals surface area contributed by atoms with Gasteiger partial charge >= 0.3 is 0 Å². The molecule has 78 valence electrons. The summed E-state index contributed by atoms with van der Waals surface area (Å²) in [6, 6.07) is 5.09. The summed E-state index contributed by atoms with van der Waals surface area (Å²) in [5.41, 5.74) is 1.30. The molecule has 0 aromatic heterocycles. The molecule has 4 nitrogen and oxygen atoms in total. The maximum atomic E-state index is 11.3. The Morgan fingerprint density at radius 2 is 2.20 bits per heavy atom. The summed E-state index contributed by atoms with van der Waals surface area (Å²) >= 11 is 0. The third kappa shape index (κ3) is 1.58. The van der Waals surface area contributed by atoms with E-state index in [-0.39, 0.29) is 18.3 Å². The number of amides is 1. The number of nitrogens with zero attached hydrogens (tertiary/aromatic N) is 1. The number of Topliss-reactive ketones (excluding diaryl/α,β-unsaturated/α-hetero) is 1. The third-order valence-corrected chi connectivity index (χ3v) is 2.45. The second kappa shape index (κ2) is 3.38. The smallest absolute Gasteiger partial charge is 0.264 e. The molecule has 0 saturated carbocycles. The fraction of sp³-hybridized carbons (Fsp3) is 0.273. The molecule has 0 radical (unpaired) electrons. The minimum atomic E-state index is -0.0851. The lowest BCUT2D eigenvalue weighted by atomic mass is 10.1. The van der Waals surface area contributed by atoms with Crippen molar-refractivity contribution in [1.82, 2.24) is 0 Å². The molecule has 0 spiro atoms. The molecule has 4 heteroatoms. The maximum absolute atomic E-state index is 11.3. The van der Waals surface area contributed by atoms with Crippen molar-refractivity contribution in [3.8, 4) is 5.75 Å². The zero-order valence-electron chi connectivity index (χ0n) is 8.61. The van der Waals surface area contributed by atoms with Crippen molar-refractivity contribution in [2.24, 2.45) is 0 Å². The van der Waals surface area contributed by atoms with E-state index in [0.29, 0.717) is 17.0 Å². The van der Waals surface area contributed by atoms with Gasteiger partial charge in [0.25, 0.3) is 5.91 Å². The summed E-state index contributed by atoms with van der Waals surface area (Å²) in [7, 11) is 1.69. The van der Waals surface area contributed by atoms with Gasteiger partial charge in [0, 0.05) is 12.6 Å². The number of ether oxygens (including phenoxy) is 1. The molecular weight excluding hydrogens is 194 g/mol. The number of anilines is 1. The van der Waals surface area contributed by atoms with E-state index < -0.39 is 0 Å². The Hall–Kier alpha value is -1.84. The zero-order chi connectivity index (χ0) is 11.0. The van der Waals surface area contributed by atoms with Gasteiger partial charge in [-0.05, 0) is 25.1 Å². The average molecular weight is 205 g/mol. The first-order valence-corrected chi connectivity index (χ1v) is 4.64. The van der Waals surface area contributed by atoms with Crippen molar-refractivity contribution >= 4 is 17.4 Å². The number of hydrogen-bond donors (Lipinski definition) is 0. The third-order valence-electron chi connectivity index (χ3n) is 2.45. The molecule has 0 fully saturated rings. The minimum absolute atomic E-state index is 0.0130. The van der Waals surface area contributed by atoms with Crippen molar-refractivity contribution in [1.29, 1.82) is 0 Å². The molecule has 0 unspecified atom stereocenters. The molecule has 1 aliphatic heterocycles. The number of benzene rings is 1. The SMILES string of the molecule is CC(=O)c1ccc2c(c1)OCC(=O)N2C. The molecular formula is C11H11NO3. The number of rotatable bonds is 1. The highest BCUT2D eigenvalue weighted by Gasteiger charge is 2.22. The molecule has 1 aliphatic rings. The molecule has 1 aromatic rings. The summed E-state index contributed by atoms with van der Waals surface area (Å²) < 4.78 is 5.25. The second-order valence-electron chi connectivity index (χ2n) is 3.48. The summed E-state index contributed by atoms with van der Waals surface area (Å²) in [6.45, 7) is 1.53. The predicted molar refractivity (Wildman–Crippen MR) is 55.4 cm³/mol. The quantitative estimate of drug-likeness (QED) is 0.648. The monoisotopic (exact) mass is 205 g/mol. The number of hydrogen-bond acceptors (Lipinski definition) is 3. The van der Waals surface area contributed by atoms with Gasteiger partial charge in [0.1, 0.15) is 5.75 Å². The van der Waals surface area contributed by atoms with Crippen LogP contribution in [-0.4, -0.2) is 25.3 Å². The Labute approximate surface area is 87.4 Å². The summed E-state index contributed by atoms with van der Waals surface area (Å²) in [6.07, 6.45) is 0. The Bertz CT molecular complexity index is 439. The van der Waals surface area contributed by atoms with Crippen LogP contribution in [-0.2, 0) is 4.79 Å². The molecule has 0 bridgehead atoms. The van der Waals surface area contributed by atoms with Gasteiger partial charge in [-0.2, -0.15) is 0 Å². The number of likely N-dealkylation sites (N-methyl/N-ethyl adjacent to an activating group) is 1. The van der Waals surface area contributed by atoms with Gasteiger partial charge in [0.05, 0.1) is 5.69 Å². The van der Waals surface area contributed by atoms with E-state index in [1.807, 2.05) is 0 Å². The Kier molecular flexibility index (Phi) is 2.19. The van der Waals surface area contributed by atoms with Gasteiger partial charge in [0.15, 0.2) is 12.4 Å². The van der Waals surface area contributed by atoms with Crippen molar-refractivity contribution in [3.05, 3.63) is 23.8 Å². The van der Waals surface area contributed by atoms with Crippen LogP contribution in [0, 0.1) is 0 Å². The average Bonchev–Trinajstić information content (AvgIpc) is 2.23. The van der Waals surface area contributed by atoms with Crippen LogP contribution in [0.15, 0.2) is 18.2 Å². The lowest BCUT2D eigenvalue weighted by Gasteiger charge is -2.25. The van der Waals surface area contributed by atoms with Gasteiger partial charge in [-0.3, -0.25) is 9.59 Å². The molecule has 0 saturated heterocycles. The number of carbonyl (C=O) groups is 2. The molecule has 0 atom stereocenters. The molecule has 0 N–H and O–H groups in total. The van der Waals surface area contributed by atoms with Crippen molar-refractivity contribution < 1.29 is 14.3 Å². The number of carbonyl (C=O) groups excluding carboxylic acids is 2. The van der Waals surface area contributed by atoms with Crippen LogP contribution < -0.4 is 9.64 Å². The highest BCUT2D eigenvalue weighted by Crippen LogP contribution is 2.31. The van der Waals surface area contributed by atoms with Crippen molar-refractivity contribution in [2.75, 3.05) is 18.6 Å². The van der Waals surface area contributed by atoms with E-state index in [9.17, 15) is 9.59 Å². The first-order chi connectivity index (χ1) is 7.09. The topological polar surface area (TPSA) is 46.6 Å². The minimum Gasteiger partial charge on any atom is -0.482 e. The lowest BCUT2D eigenvalue weighted by molar-refractivity contribution is -0.120. The predicted octanol–water partition coefficient (Wildman–Crippen LogP) is 1.24. The molecule has 1 amide bonds. The van der Waals surface area contributed by atoms with Gasteiger partial charge < -0.3 is 9.64 Å². The van der Waals surface area contributed by atoms with E-state index in [4.69, 9.17) is 4.74 Å². The number of ketones is 1. The second-order valence-corrected chi connectivity index (χ2v) is 3.48. The van der Waals surface area contributed by atoms with Gasteiger partial charge in [0.2, 0.25) is 0 Å². The standard InChI is InChI=1S/C11H11NO3/c1-7(13)8-3-4-9-10(5-8)15-6-11(14)12(9)2/h3-5H,6H2,1-2H3. The molecule has 15 heavy (non-hydrogen) atoms. The van der Waals surface area contributed by atoms with Crippen molar-refractivity contribution in [2.45, 2.75) is 6.92 Å². The van der Waals surface area contributed by atoms with Gasteiger partial charge in [-0.25, -0.2) is 0 Å². The Balaban J connectivity index is 2.47. The normalized spacial score (nSPS) is 14.5. The molecule has 1 aromatic carbocycles. The van der Waals surface area contributed by atoms with Crippen LogP contribution in [0.25, 0.3) is 0 Å².